The zero-order valence-corrected chi connectivity index (χ0v) is 16.6. The van der Waals surface area contributed by atoms with Gasteiger partial charge in [-0.1, -0.05) is 23.2 Å². The van der Waals surface area contributed by atoms with Gasteiger partial charge in [0.15, 0.2) is 0 Å². The van der Waals surface area contributed by atoms with E-state index in [4.69, 9.17) is 23.2 Å². The number of hydrogen-bond donors (Lipinski definition) is 2. The van der Waals surface area contributed by atoms with Gasteiger partial charge in [-0.05, 0) is 43.2 Å². The van der Waals surface area contributed by atoms with E-state index in [-0.39, 0.29) is 16.3 Å². The largest absolute Gasteiger partial charge is 0.419 e. The van der Waals surface area contributed by atoms with E-state index in [0.717, 1.165) is 6.07 Å². The number of rotatable bonds is 5. The fraction of sp³-hybridized carbons (Fsp3) is 0.235. The number of amides is 1. The molecule has 0 aliphatic heterocycles. The van der Waals surface area contributed by atoms with Crippen molar-refractivity contribution < 1.29 is 30.8 Å². The molecule has 1 amide bonds. The van der Waals surface area contributed by atoms with E-state index in [1.807, 2.05) is 0 Å². The molecule has 29 heavy (non-hydrogen) atoms. The van der Waals surface area contributed by atoms with Crippen LogP contribution in [0.3, 0.4) is 0 Å². The zero-order chi connectivity index (χ0) is 21.6. The minimum absolute atomic E-state index is 0.0812. The first kappa shape index (κ1) is 21.7. The van der Waals surface area contributed by atoms with Gasteiger partial charge in [-0.25, -0.2) is 12.8 Å². The van der Waals surface area contributed by atoms with Crippen molar-refractivity contribution in [2.24, 2.45) is 0 Å². The van der Waals surface area contributed by atoms with E-state index in [0.29, 0.717) is 25.0 Å². The molecule has 0 aromatic heterocycles. The van der Waals surface area contributed by atoms with Gasteiger partial charge < -0.3 is 5.32 Å². The summed E-state index contributed by atoms with van der Waals surface area (Å²) in [5.41, 5.74) is -2.29. The lowest BCUT2D eigenvalue weighted by molar-refractivity contribution is -0.139. The Bertz CT molecular complexity index is 1090. The van der Waals surface area contributed by atoms with E-state index >= 15 is 0 Å². The highest BCUT2D eigenvalue weighted by atomic mass is 35.5. The van der Waals surface area contributed by atoms with Gasteiger partial charge in [0.2, 0.25) is 10.0 Å². The van der Waals surface area contributed by atoms with Crippen molar-refractivity contribution in [1.29, 1.82) is 0 Å². The van der Waals surface area contributed by atoms with Crippen LogP contribution in [0.25, 0.3) is 0 Å². The van der Waals surface area contributed by atoms with Crippen LogP contribution in [0.15, 0.2) is 30.3 Å². The van der Waals surface area contributed by atoms with E-state index in [1.54, 1.807) is 0 Å². The minimum Gasteiger partial charge on any atom is -0.320 e. The number of nitrogens with one attached hydrogen (secondary N) is 2. The third-order valence-corrected chi connectivity index (χ3v) is 6.45. The molecule has 2 N–H and O–H groups in total. The summed E-state index contributed by atoms with van der Waals surface area (Å²) >= 11 is 11.6. The van der Waals surface area contributed by atoms with Crippen molar-refractivity contribution in [3.63, 3.8) is 0 Å². The third kappa shape index (κ3) is 4.93. The third-order valence-electron chi connectivity index (χ3n) is 4.05. The Morgan fingerprint density at radius 3 is 2.31 bits per heavy atom. The van der Waals surface area contributed by atoms with Crippen LogP contribution in [0, 0.1) is 5.82 Å². The predicted molar refractivity (Wildman–Crippen MR) is 101 cm³/mol. The monoisotopic (exact) mass is 470 g/mol. The topological polar surface area (TPSA) is 75.3 Å². The molecule has 1 saturated carbocycles. The Balaban J connectivity index is 1.91. The second kappa shape index (κ2) is 7.66. The number of halogens is 6. The van der Waals surface area contributed by atoms with Gasteiger partial charge in [-0.3, -0.25) is 9.52 Å². The predicted octanol–water partition coefficient (Wildman–Crippen LogP) is 5.31. The fourth-order valence-corrected chi connectivity index (χ4v) is 4.25. The van der Waals surface area contributed by atoms with Crippen LogP contribution in [-0.4, -0.2) is 19.6 Å². The summed E-state index contributed by atoms with van der Waals surface area (Å²) in [7, 11) is -3.70. The van der Waals surface area contributed by atoms with E-state index in [9.17, 15) is 30.8 Å². The quantitative estimate of drug-likeness (QED) is 0.581. The van der Waals surface area contributed by atoms with Crippen LogP contribution in [0.5, 0.6) is 0 Å². The van der Waals surface area contributed by atoms with Gasteiger partial charge in [-0.2, -0.15) is 13.2 Å². The maximum atomic E-state index is 13.8. The molecule has 1 aliphatic carbocycles. The summed E-state index contributed by atoms with van der Waals surface area (Å²) in [6.45, 7) is 0. The molecule has 1 aliphatic rings. The van der Waals surface area contributed by atoms with Gasteiger partial charge in [0.25, 0.3) is 5.91 Å². The molecule has 0 unspecified atom stereocenters. The molecule has 2 aromatic carbocycles. The number of carbonyl (C=O) groups is 1. The lowest BCUT2D eigenvalue weighted by Crippen LogP contribution is -2.21. The van der Waals surface area contributed by atoms with Crippen molar-refractivity contribution in [1.82, 2.24) is 0 Å². The van der Waals surface area contributed by atoms with Gasteiger partial charge in [0.05, 0.1) is 32.8 Å². The summed E-state index contributed by atoms with van der Waals surface area (Å²) in [5.74, 6) is -2.57. The molecule has 0 bridgehead atoms. The van der Waals surface area contributed by atoms with Crippen molar-refractivity contribution in [3.8, 4) is 0 Å². The van der Waals surface area contributed by atoms with Crippen LogP contribution in [-0.2, 0) is 16.2 Å². The second-order valence-corrected chi connectivity index (χ2v) is 9.10. The first-order valence-electron chi connectivity index (χ1n) is 8.07. The molecule has 0 spiro atoms. The summed E-state index contributed by atoms with van der Waals surface area (Å²) in [6.07, 6.45) is -3.98. The van der Waals surface area contributed by atoms with Gasteiger partial charge in [0, 0.05) is 5.02 Å². The smallest absolute Gasteiger partial charge is 0.320 e. The van der Waals surface area contributed by atoms with Crippen molar-refractivity contribution >= 4 is 50.5 Å². The van der Waals surface area contributed by atoms with Crippen LogP contribution in [0.4, 0.5) is 28.9 Å². The molecule has 156 valence electrons. The highest BCUT2D eigenvalue weighted by molar-refractivity contribution is 7.93. The van der Waals surface area contributed by atoms with Crippen LogP contribution < -0.4 is 10.0 Å². The van der Waals surface area contributed by atoms with E-state index in [1.165, 1.54) is 12.1 Å². The van der Waals surface area contributed by atoms with Crippen molar-refractivity contribution in [2.75, 3.05) is 10.0 Å². The zero-order valence-electron chi connectivity index (χ0n) is 14.3. The average Bonchev–Trinajstić information content (AvgIpc) is 3.43. The minimum atomic E-state index is -4.96. The lowest BCUT2D eigenvalue weighted by Gasteiger charge is -2.15. The number of carbonyl (C=O) groups excluding carboxylic acids is 1. The molecule has 1 fully saturated rings. The summed E-state index contributed by atoms with van der Waals surface area (Å²) < 4.78 is 78.6. The van der Waals surface area contributed by atoms with Crippen LogP contribution in [0.1, 0.15) is 28.8 Å². The molecule has 0 saturated heterocycles. The molecule has 3 rings (SSSR count). The number of benzene rings is 2. The summed E-state index contributed by atoms with van der Waals surface area (Å²) in [5, 5.41) is 1.17. The molecule has 0 radical (unpaired) electrons. The maximum absolute atomic E-state index is 13.8. The second-order valence-electron chi connectivity index (χ2n) is 6.30. The standard InChI is InChI=1S/C17H12Cl2F4N2O3S/c18-8-1-4-14(25-29(27,28)9-2-3-9)10(5-8)16(26)24-15-7-13(20)11(6-12(15)19)17(21,22)23/h1,4-7,9,25H,2-3H2,(H,24,26). The highest BCUT2D eigenvalue weighted by Gasteiger charge is 2.37. The Kier molecular flexibility index (Phi) is 5.72. The molecule has 5 nitrogen and oxygen atoms in total. The highest BCUT2D eigenvalue weighted by Crippen LogP contribution is 2.37. The van der Waals surface area contributed by atoms with Gasteiger partial charge in [0.1, 0.15) is 5.82 Å². The summed E-state index contributed by atoms with van der Waals surface area (Å²) in [4.78, 5) is 12.6. The number of hydrogen-bond acceptors (Lipinski definition) is 3. The lowest BCUT2D eigenvalue weighted by atomic mass is 10.1. The van der Waals surface area contributed by atoms with Crippen molar-refractivity contribution in [2.45, 2.75) is 24.3 Å². The number of anilines is 2. The normalized spacial score (nSPS) is 14.6. The number of sulfonamides is 1. The van der Waals surface area contributed by atoms with E-state index in [2.05, 4.69) is 10.0 Å². The molecular formula is C17H12Cl2F4N2O3S. The van der Waals surface area contributed by atoms with Crippen molar-refractivity contribution in [3.05, 3.63) is 57.3 Å². The Morgan fingerprint density at radius 2 is 1.72 bits per heavy atom. The maximum Gasteiger partial charge on any atom is 0.419 e. The van der Waals surface area contributed by atoms with Gasteiger partial charge >= 0.3 is 6.18 Å². The van der Waals surface area contributed by atoms with Crippen LogP contribution in [0.2, 0.25) is 10.0 Å². The molecule has 2 aromatic rings. The average molecular weight is 471 g/mol. The first-order chi connectivity index (χ1) is 13.4. The summed E-state index contributed by atoms with van der Waals surface area (Å²) in [6, 6.07) is 4.57. The molecular weight excluding hydrogens is 459 g/mol. The Labute approximate surface area is 173 Å². The van der Waals surface area contributed by atoms with Crippen LogP contribution >= 0.6 is 23.2 Å². The number of alkyl halides is 3. The molecule has 0 heterocycles. The van der Waals surface area contributed by atoms with E-state index < -0.39 is 49.4 Å². The Morgan fingerprint density at radius 1 is 1.07 bits per heavy atom. The molecule has 12 heteroatoms. The van der Waals surface area contributed by atoms with Gasteiger partial charge in [-0.15, -0.1) is 0 Å². The fourth-order valence-electron chi connectivity index (χ4n) is 2.46. The molecule has 0 atom stereocenters. The Hall–Kier alpha value is -2.04. The first-order valence-corrected chi connectivity index (χ1v) is 10.4. The SMILES string of the molecule is O=C(Nc1cc(F)c(C(F)(F)F)cc1Cl)c1cc(Cl)ccc1NS(=O)(=O)C1CC1.